The standard InChI is InChI=1S/C12H18O/c1-6-9-8-11(12(3,4)5)13-10(9)7-2/h7-8H,2,6H2,1,3-5H3. The van der Waals surface area contributed by atoms with Crippen LogP contribution in [0.3, 0.4) is 0 Å². The van der Waals surface area contributed by atoms with E-state index in [-0.39, 0.29) is 5.41 Å². The van der Waals surface area contributed by atoms with Gasteiger partial charge in [-0.3, -0.25) is 0 Å². The molecule has 13 heavy (non-hydrogen) atoms. The highest BCUT2D eigenvalue weighted by Crippen LogP contribution is 2.27. The molecule has 0 aliphatic heterocycles. The zero-order chi connectivity index (χ0) is 10.1. The van der Waals surface area contributed by atoms with Crippen molar-refractivity contribution < 1.29 is 4.42 Å². The Kier molecular flexibility index (Phi) is 2.65. The van der Waals surface area contributed by atoms with Gasteiger partial charge in [-0.2, -0.15) is 0 Å². The molecule has 0 bridgehead atoms. The summed E-state index contributed by atoms with van der Waals surface area (Å²) in [5, 5.41) is 0. The van der Waals surface area contributed by atoms with Crippen molar-refractivity contribution in [1.29, 1.82) is 0 Å². The molecule has 0 radical (unpaired) electrons. The molecule has 0 aliphatic carbocycles. The van der Waals surface area contributed by atoms with Gasteiger partial charge in [0.05, 0.1) is 0 Å². The Balaban J connectivity index is 3.14. The first-order valence-electron chi connectivity index (χ1n) is 4.74. The zero-order valence-electron chi connectivity index (χ0n) is 8.98. The van der Waals surface area contributed by atoms with Crippen LogP contribution in [0.25, 0.3) is 6.08 Å². The Morgan fingerprint density at radius 2 is 2.08 bits per heavy atom. The molecule has 0 N–H and O–H groups in total. The van der Waals surface area contributed by atoms with Crippen LogP contribution in [0.1, 0.15) is 44.8 Å². The summed E-state index contributed by atoms with van der Waals surface area (Å²) in [6.45, 7) is 12.3. The molecule has 0 saturated heterocycles. The predicted molar refractivity (Wildman–Crippen MR) is 56.9 cm³/mol. The molecule has 1 heteroatoms. The average Bonchev–Trinajstić information content (AvgIpc) is 2.45. The molecule has 0 fully saturated rings. The number of furan rings is 1. The second-order valence-corrected chi connectivity index (χ2v) is 4.31. The lowest BCUT2D eigenvalue weighted by molar-refractivity contribution is 0.405. The maximum Gasteiger partial charge on any atom is 0.129 e. The molecule has 1 heterocycles. The number of hydrogen-bond acceptors (Lipinski definition) is 1. The van der Waals surface area contributed by atoms with Gasteiger partial charge >= 0.3 is 0 Å². The molecule has 0 amide bonds. The van der Waals surface area contributed by atoms with Gasteiger partial charge in [0, 0.05) is 5.41 Å². The number of rotatable bonds is 2. The molecule has 1 aromatic rings. The second-order valence-electron chi connectivity index (χ2n) is 4.31. The van der Waals surface area contributed by atoms with Crippen LogP contribution in [0.5, 0.6) is 0 Å². The van der Waals surface area contributed by atoms with E-state index >= 15 is 0 Å². The van der Waals surface area contributed by atoms with E-state index in [0.717, 1.165) is 17.9 Å². The first-order chi connectivity index (χ1) is 5.99. The molecule has 0 spiro atoms. The minimum atomic E-state index is 0.0885. The first kappa shape index (κ1) is 10.1. The van der Waals surface area contributed by atoms with Gasteiger partial charge in [-0.1, -0.05) is 34.3 Å². The third-order valence-corrected chi connectivity index (χ3v) is 2.15. The van der Waals surface area contributed by atoms with Crippen molar-refractivity contribution in [3.8, 4) is 0 Å². The van der Waals surface area contributed by atoms with E-state index in [0.29, 0.717) is 0 Å². The average molecular weight is 178 g/mol. The molecule has 72 valence electrons. The highest BCUT2D eigenvalue weighted by Gasteiger charge is 2.19. The normalized spacial score (nSPS) is 11.7. The van der Waals surface area contributed by atoms with Gasteiger partial charge < -0.3 is 4.42 Å². The molecule has 1 aromatic heterocycles. The van der Waals surface area contributed by atoms with E-state index in [9.17, 15) is 0 Å². The van der Waals surface area contributed by atoms with Gasteiger partial charge in [0.25, 0.3) is 0 Å². The van der Waals surface area contributed by atoms with E-state index in [1.807, 2.05) is 0 Å². The smallest absolute Gasteiger partial charge is 0.129 e. The van der Waals surface area contributed by atoms with Gasteiger partial charge in [-0.15, -0.1) is 0 Å². The Bertz CT molecular complexity index is 299. The molecular weight excluding hydrogens is 160 g/mol. The lowest BCUT2D eigenvalue weighted by Gasteiger charge is -2.13. The first-order valence-corrected chi connectivity index (χ1v) is 4.74. The van der Waals surface area contributed by atoms with Crippen LogP contribution in [-0.2, 0) is 11.8 Å². The predicted octanol–water partition coefficient (Wildman–Crippen LogP) is 3.78. The highest BCUT2D eigenvalue weighted by atomic mass is 16.3. The maximum absolute atomic E-state index is 5.70. The fourth-order valence-corrected chi connectivity index (χ4v) is 1.26. The molecule has 1 rings (SSSR count). The summed E-state index contributed by atoms with van der Waals surface area (Å²) in [4.78, 5) is 0. The SMILES string of the molecule is C=Cc1oc(C(C)(C)C)cc1CC. The Labute approximate surface area is 80.5 Å². The van der Waals surface area contributed by atoms with E-state index < -0.39 is 0 Å². The van der Waals surface area contributed by atoms with E-state index in [2.05, 4.69) is 40.3 Å². The maximum atomic E-state index is 5.70. The molecule has 0 aromatic carbocycles. The van der Waals surface area contributed by atoms with Crippen LogP contribution in [0.15, 0.2) is 17.1 Å². The van der Waals surface area contributed by atoms with Crippen molar-refractivity contribution in [1.82, 2.24) is 0 Å². The summed E-state index contributed by atoms with van der Waals surface area (Å²) in [6.07, 6.45) is 2.79. The van der Waals surface area contributed by atoms with Crippen LogP contribution in [0.4, 0.5) is 0 Å². The zero-order valence-corrected chi connectivity index (χ0v) is 8.98. The van der Waals surface area contributed by atoms with Gasteiger partial charge in [-0.05, 0) is 24.1 Å². The van der Waals surface area contributed by atoms with Gasteiger partial charge in [-0.25, -0.2) is 0 Å². The summed E-state index contributed by atoms with van der Waals surface area (Å²) in [7, 11) is 0. The van der Waals surface area contributed by atoms with Crippen LogP contribution < -0.4 is 0 Å². The van der Waals surface area contributed by atoms with Crippen LogP contribution in [0, 0.1) is 0 Å². The van der Waals surface area contributed by atoms with Crippen LogP contribution >= 0.6 is 0 Å². The monoisotopic (exact) mass is 178 g/mol. The quantitative estimate of drug-likeness (QED) is 0.671. The van der Waals surface area contributed by atoms with Gasteiger partial charge in [0.1, 0.15) is 11.5 Å². The molecule has 0 unspecified atom stereocenters. The lowest BCUT2D eigenvalue weighted by Crippen LogP contribution is -2.09. The highest BCUT2D eigenvalue weighted by molar-refractivity contribution is 5.46. The molecular formula is C12H18O. The van der Waals surface area contributed by atoms with Gasteiger partial charge in [0.15, 0.2) is 0 Å². The number of hydrogen-bond donors (Lipinski definition) is 0. The van der Waals surface area contributed by atoms with Crippen molar-refractivity contribution in [2.45, 2.75) is 39.5 Å². The minimum absolute atomic E-state index is 0.0885. The summed E-state index contributed by atoms with van der Waals surface area (Å²) in [6, 6.07) is 2.14. The van der Waals surface area contributed by atoms with Crippen molar-refractivity contribution in [3.05, 3.63) is 29.7 Å². The van der Waals surface area contributed by atoms with Crippen molar-refractivity contribution in [3.63, 3.8) is 0 Å². The fraction of sp³-hybridized carbons (Fsp3) is 0.500. The minimum Gasteiger partial charge on any atom is -0.461 e. The summed E-state index contributed by atoms with van der Waals surface area (Å²) >= 11 is 0. The Morgan fingerprint density at radius 3 is 2.38 bits per heavy atom. The van der Waals surface area contributed by atoms with E-state index in [1.54, 1.807) is 6.08 Å². The molecule has 1 nitrogen and oxygen atoms in total. The third kappa shape index (κ3) is 2.03. The Morgan fingerprint density at radius 1 is 1.46 bits per heavy atom. The largest absolute Gasteiger partial charge is 0.461 e. The van der Waals surface area contributed by atoms with Crippen LogP contribution in [-0.4, -0.2) is 0 Å². The van der Waals surface area contributed by atoms with Crippen LogP contribution in [0.2, 0.25) is 0 Å². The summed E-state index contributed by atoms with van der Waals surface area (Å²) < 4.78 is 5.70. The number of aryl methyl sites for hydroxylation is 1. The molecule has 0 aliphatic rings. The van der Waals surface area contributed by atoms with Crippen molar-refractivity contribution in [2.75, 3.05) is 0 Å². The summed E-state index contributed by atoms with van der Waals surface area (Å²) in [5.74, 6) is 1.96. The Hall–Kier alpha value is -0.980. The van der Waals surface area contributed by atoms with E-state index in [4.69, 9.17) is 4.42 Å². The van der Waals surface area contributed by atoms with Crippen molar-refractivity contribution in [2.24, 2.45) is 0 Å². The second kappa shape index (κ2) is 3.41. The fourth-order valence-electron chi connectivity index (χ4n) is 1.26. The topological polar surface area (TPSA) is 13.1 Å². The molecule has 0 atom stereocenters. The third-order valence-electron chi connectivity index (χ3n) is 2.15. The molecule has 0 saturated carbocycles. The summed E-state index contributed by atoms with van der Waals surface area (Å²) in [5.41, 5.74) is 1.34. The van der Waals surface area contributed by atoms with Crippen molar-refractivity contribution >= 4 is 6.08 Å². The van der Waals surface area contributed by atoms with Gasteiger partial charge in [0.2, 0.25) is 0 Å². The lowest BCUT2D eigenvalue weighted by atomic mass is 9.93. The van der Waals surface area contributed by atoms with E-state index in [1.165, 1.54) is 5.56 Å².